The van der Waals surface area contributed by atoms with Gasteiger partial charge in [-0.2, -0.15) is 0 Å². The van der Waals surface area contributed by atoms with E-state index in [-0.39, 0.29) is 25.0 Å². The van der Waals surface area contributed by atoms with E-state index < -0.39 is 18.2 Å². The van der Waals surface area contributed by atoms with Crippen molar-refractivity contribution in [3.63, 3.8) is 0 Å². The average molecular weight is 539 g/mol. The fraction of sp³-hybridized carbons (Fsp3) is 0.333. The van der Waals surface area contributed by atoms with Gasteiger partial charge in [0.15, 0.2) is 0 Å². The predicted octanol–water partition coefficient (Wildman–Crippen LogP) is 4.75. The summed E-state index contributed by atoms with van der Waals surface area (Å²) in [4.78, 5) is 36.9. The maximum Gasteiger partial charge on any atom is 0.407 e. The standard InChI is InChI=1S/C27H30N4O4S2/c1-18(2)13-31(26(33)20-8-9-22-25(11-20)37-17-29-22)14-24(32)23(10-19-6-4-3-5-7-19)30-27(34)35-15-21-12-28-16-36-21/h3-9,11-12,16-18,23-24,32H,10,13-15H2,1-2H3,(H,30,34)/t23-,24?/m0/s1. The Kier molecular flexibility index (Phi) is 9.21. The number of thiazole rings is 2. The lowest BCUT2D eigenvalue weighted by molar-refractivity contribution is 0.0494. The molecule has 0 saturated carbocycles. The third-order valence-electron chi connectivity index (χ3n) is 5.75. The van der Waals surface area contributed by atoms with Crippen LogP contribution in [0.5, 0.6) is 0 Å². The van der Waals surface area contributed by atoms with Crippen molar-refractivity contribution in [1.82, 2.24) is 20.2 Å². The Morgan fingerprint density at radius 2 is 1.89 bits per heavy atom. The molecule has 0 aliphatic rings. The number of aliphatic hydroxyl groups is 1. The van der Waals surface area contributed by atoms with Gasteiger partial charge in [-0.3, -0.25) is 9.78 Å². The summed E-state index contributed by atoms with van der Waals surface area (Å²) >= 11 is 2.88. The van der Waals surface area contributed by atoms with Crippen molar-refractivity contribution in [2.75, 3.05) is 13.1 Å². The second kappa shape index (κ2) is 12.8. The van der Waals surface area contributed by atoms with Gasteiger partial charge in [-0.15, -0.1) is 22.7 Å². The van der Waals surface area contributed by atoms with Gasteiger partial charge in [0.05, 0.1) is 38.3 Å². The van der Waals surface area contributed by atoms with Crippen LogP contribution in [0.4, 0.5) is 4.79 Å². The first-order chi connectivity index (χ1) is 17.9. The van der Waals surface area contributed by atoms with Gasteiger partial charge in [0, 0.05) is 24.8 Å². The molecular weight excluding hydrogens is 508 g/mol. The van der Waals surface area contributed by atoms with Crippen molar-refractivity contribution >= 4 is 44.9 Å². The Morgan fingerprint density at radius 1 is 1.08 bits per heavy atom. The summed E-state index contributed by atoms with van der Waals surface area (Å²) in [5, 5.41) is 14.1. The van der Waals surface area contributed by atoms with Crippen LogP contribution in [0, 0.1) is 5.92 Å². The lowest BCUT2D eigenvalue weighted by Crippen LogP contribution is -2.51. The zero-order chi connectivity index (χ0) is 26.2. The number of benzene rings is 2. The first-order valence-corrected chi connectivity index (χ1v) is 13.8. The molecule has 0 aliphatic heterocycles. The van der Waals surface area contributed by atoms with Crippen molar-refractivity contribution in [2.24, 2.45) is 5.92 Å². The third-order valence-corrected chi connectivity index (χ3v) is 7.30. The van der Waals surface area contributed by atoms with Crippen molar-refractivity contribution in [3.05, 3.63) is 81.8 Å². The maximum absolute atomic E-state index is 13.5. The van der Waals surface area contributed by atoms with Crippen LogP contribution in [0.1, 0.15) is 34.6 Å². The number of fused-ring (bicyclic) bond motifs is 1. The summed E-state index contributed by atoms with van der Waals surface area (Å²) in [5.41, 5.74) is 5.77. The van der Waals surface area contributed by atoms with Crippen LogP contribution >= 0.6 is 22.7 Å². The van der Waals surface area contributed by atoms with E-state index in [1.54, 1.807) is 28.2 Å². The SMILES string of the molecule is CC(C)CN(CC(O)[C@H](Cc1ccccc1)NC(=O)OCc1cncs1)C(=O)c1ccc2ncsc2c1. The fourth-order valence-electron chi connectivity index (χ4n) is 4.00. The number of carbonyl (C=O) groups excluding carboxylic acids is 2. The number of carbonyl (C=O) groups is 2. The summed E-state index contributed by atoms with van der Waals surface area (Å²) < 4.78 is 6.28. The van der Waals surface area contributed by atoms with E-state index in [4.69, 9.17) is 4.74 Å². The zero-order valence-electron chi connectivity index (χ0n) is 20.7. The Morgan fingerprint density at radius 3 is 2.62 bits per heavy atom. The number of rotatable bonds is 11. The summed E-state index contributed by atoms with van der Waals surface area (Å²) in [6, 6.07) is 14.4. The van der Waals surface area contributed by atoms with Crippen LogP contribution < -0.4 is 5.32 Å². The number of hydrogen-bond acceptors (Lipinski definition) is 8. The smallest absolute Gasteiger partial charge is 0.407 e. The molecule has 2 aromatic carbocycles. The molecule has 2 amide bonds. The van der Waals surface area contributed by atoms with Gasteiger partial charge in [0.25, 0.3) is 5.91 Å². The molecule has 0 spiro atoms. The number of nitrogens with one attached hydrogen (secondary N) is 1. The number of aliphatic hydroxyl groups excluding tert-OH is 1. The number of nitrogens with zero attached hydrogens (tertiary/aromatic N) is 3. The summed E-state index contributed by atoms with van der Waals surface area (Å²) in [6.07, 6.45) is 0.373. The Labute approximate surface area is 224 Å². The second-order valence-electron chi connectivity index (χ2n) is 9.19. The molecule has 2 heterocycles. The van der Waals surface area contributed by atoms with Gasteiger partial charge in [0.1, 0.15) is 6.61 Å². The molecular formula is C27H30N4O4S2. The molecule has 2 N–H and O–H groups in total. The van der Waals surface area contributed by atoms with Gasteiger partial charge in [0.2, 0.25) is 0 Å². The van der Waals surface area contributed by atoms with E-state index in [0.717, 1.165) is 20.7 Å². The summed E-state index contributed by atoms with van der Waals surface area (Å²) in [7, 11) is 0. The zero-order valence-corrected chi connectivity index (χ0v) is 22.4. The lowest BCUT2D eigenvalue weighted by Gasteiger charge is -2.31. The number of amides is 2. The first-order valence-electron chi connectivity index (χ1n) is 12.0. The molecule has 2 aromatic heterocycles. The van der Waals surface area contributed by atoms with E-state index in [0.29, 0.717) is 18.5 Å². The highest BCUT2D eigenvalue weighted by molar-refractivity contribution is 7.16. The van der Waals surface area contributed by atoms with Crippen LogP contribution in [0.2, 0.25) is 0 Å². The van der Waals surface area contributed by atoms with Crippen molar-refractivity contribution in [2.45, 2.75) is 39.0 Å². The molecule has 37 heavy (non-hydrogen) atoms. The Balaban J connectivity index is 1.49. The largest absolute Gasteiger partial charge is 0.444 e. The van der Waals surface area contributed by atoms with Gasteiger partial charge in [-0.05, 0) is 36.1 Å². The van der Waals surface area contributed by atoms with Crippen molar-refractivity contribution in [3.8, 4) is 0 Å². The molecule has 0 fully saturated rings. The molecule has 0 bridgehead atoms. The Bertz CT molecular complexity index is 1290. The third kappa shape index (κ3) is 7.58. The van der Waals surface area contributed by atoms with Gasteiger partial charge < -0.3 is 20.1 Å². The van der Waals surface area contributed by atoms with Crippen LogP contribution in [-0.2, 0) is 17.8 Å². The fourth-order valence-corrected chi connectivity index (χ4v) is 5.22. The highest BCUT2D eigenvalue weighted by atomic mass is 32.1. The van der Waals surface area contributed by atoms with Gasteiger partial charge in [-0.1, -0.05) is 44.2 Å². The van der Waals surface area contributed by atoms with Crippen LogP contribution in [0.25, 0.3) is 10.2 Å². The van der Waals surface area contributed by atoms with E-state index in [9.17, 15) is 14.7 Å². The van der Waals surface area contributed by atoms with Gasteiger partial charge in [-0.25, -0.2) is 9.78 Å². The van der Waals surface area contributed by atoms with E-state index in [1.165, 1.54) is 22.7 Å². The second-order valence-corrected chi connectivity index (χ2v) is 11.0. The van der Waals surface area contributed by atoms with Gasteiger partial charge >= 0.3 is 6.09 Å². The molecule has 194 valence electrons. The minimum atomic E-state index is -1.02. The van der Waals surface area contributed by atoms with Crippen molar-refractivity contribution in [1.29, 1.82) is 0 Å². The first kappa shape index (κ1) is 26.7. The van der Waals surface area contributed by atoms with Crippen LogP contribution in [-0.4, -0.2) is 57.2 Å². The van der Waals surface area contributed by atoms with E-state index in [2.05, 4.69) is 15.3 Å². The quantitative estimate of drug-likeness (QED) is 0.286. The highest BCUT2D eigenvalue weighted by Gasteiger charge is 2.28. The van der Waals surface area contributed by atoms with Crippen LogP contribution in [0.3, 0.4) is 0 Å². The molecule has 0 radical (unpaired) electrons. The molecule has 0 aliphatic carbocycles. The monoisotopic (exact) mass is 538 g/mol. The lowest BCUT2D eigenvalue weighted by atomic mass is 10.00. The molecule has 4 aromatic rings. The minimum absolute atomic E-state index is 0.0599. The number of alkyl carbamates (subject to hydrolysis) is 1. The maximum atomic E-state index is 13.5. The summed E-state index contributed by atoms with van der Waals surface area (Å²) in [6.45, 7) is 4.67. The van der Waals surface area contributed by atoms with Crippen LogP contribution in [0.15, 0.2) is 65.7 Å². The molecule has 2 atom stereocenters. The Hall–Kier alpha value is -3.34. The molecule has 10 heteroatoms. The topological polar surface area (TPSA) is 105 Å². The summed E-state index contributed by atoms with van der Waals surface area (Å²) in [5.74, 6) is 0.0162. The molecule has 8 nitrogen and oxygen atoms in total. The average Bonchev–Trinajstić information content (AvgIpc) is 3.58. The highest BCUT2D eigenvalue weighted by Crippen LogP contribution is 2.21. The van der Waals surface area contributed by atoms with Crippen molar-refractivity contribution < 1.29 is 19.4 Å². The predicted molar refractivity (Wildman–Crippen MR) is 146 cm³/mol. The normalized spacial score (nSPS) is 12.9. The number of ether oxygens (including phenoxy) is 1. The molecule has 1 unspecified atom stereocenters. The van der Waals surface area contributed by atoms with E-state index >= 15 is 0 Å². The molecule has 0 saturated heterocycles. The number of aromatic nitrogens is 2. The number of hydrogen-bond donors (Lipinski definition) is 2. The minimum Gasteiger partial charge on any atom is -0.444 e. The van der Waals surface area contributed by atoms with E-state index in [1.807, 2.05) is 56.3 Å². The molecule has 4 rings (SSSR count).